The van der Waals surface area contributed by atoms with Gasteiger partial charge in [-0.25, -0.2) is 4.39 Å². The number of esters is 1. The van der Waals surface area contributed by atoms with Crippen LogP contribution in [0.25, 0.3) is 11.1 Å². The van der Waals surface area contributed by atoms with Gasteiger partial charge < -0.3 is 18.9 Å². The molecule has 0 spiro atoms. The number of benzene rings is 4. The number of hydrogen-bond acceptors (Lipinski definition) is 5. The number of rotatable bonds is 8. The SMILES string of the molecule is COC(=O)C[C@@H]1COc2cc(O[C@@H]3CCc4c3ccc(C(F)(F)F)c4-c3ccc(OCc4ccccc4)cc3F)ccc21. The Morgan fingerprint density at radius 1 is 0.953 bits per heavy atom. The van der Waals surface area contributed by atoms with Crippen molar-refractivity contribution in [2.75, 3.05) is 13.7 Å². The molecule has 0 unspecified atom stereocenters. The van der Waals surface area contributed by atoms with Gasteiger partial charge in [-0.3, -0.25) is 4.79 Å². The highest BCUT2D eigenvalue weighted by atomic mass is 19.4. The minimum Gasteiger partial charge on any atom is -0.492 e. The second kappa shape index (κ2) is 11.6. The molecule has 4 aromatic carbocycles. The third kappa shape index (κ3) is 5.89. The van der Waals surface area contributed by atoms with E-state index in [4.69, 9.17) is 18.9 Å². The molecule has 1 aliphatic carbocycles. The summed E-state index contributed by atoms with van der Waals surface area (Å²) in [5.74, 6) is 0.0460. The Morgan fingerprint density at radius 3 is 2.47 bits per heavy atom. The fraction of sp³-hybridized carbons (Fsp3) is 0.265. The molecule has 1 heterocycles. The van der Waals surface area contributed by atoms with E-state index in [2.05, 4.69) is 0 Å². The van der Waals surface area contributed by atoms with Crippen molar-refractivity contribution < 1.29 is 41.3 Å². The van der Waals surface area contributed by atoms with E-state index in [1.807, 2.05) is 36.4 Å². The van der Waals surface area contributed by atoms with Crippen LogP contribution in [-0.4, -0.2) is 19.7 Å². The molecule has 9 heteroatoms. The molecule has 1 aliphatic heterocycles. The largest absolute Gasteiger partial charge is 0.492 e. The Balaban J connectivity index is 1.27. The highest BCUT2D eigenvalue weighted by molar-refractivity contribution is 5.75. The quantitative estimate of drug-likeness (QED) is 0.153. The van der Waals surface area contributed by atoms with E-state index in [0.717, 1.165) is 23.3 Å². The molecule has 6 rings (SSSR count). The van der Waals surface area contributed by atoms with Crippen LogP contribution in [0.4, 0.5) is 17.6 Å². The van der Waals surface area contributed by atoms with Gasteiger partial charge in [0, 0.05) is 34.7 Å². The van der Waals surface area contributed by atoms with E-state index in [1.165, 1.54) is 25.3 Å². The van der Waals surface area contributed by atoms with Crippen molar-refractivity contribution >= 4 is 5.97 Å². The number of hydrogen-bond donors (Lipinski definition) is 0. The molecule has 2 atom stereocenters. The number of carbonyl (C=O) groups excluding carboxylic acids is 1. The number of carbonyl (C=O) groups is 1. The first kappa shape index (κ1) is 28.6. The molecular formula is C34H28F4O5. The molecule has 5 nitrogen and oxygen atoms in total. The van der Waals surface area contributed by atoms with Crippen LogP contribution in [0.2, 0.25) is 0 Å². The predicted octanol–water partition coefficient (Wildman–Crippen LogP) is 8.20. The van der Waals surface area contributed by atoms with Gasteiger partial charge >= 0.3 is 12.1 Å². The molecule has 2 aliphatic rings. The summed E-state index contributed by atoms with van der Waals surface area (Å²) in [7, 11) is 1.34. The highest BCUT2D eigenvalue weighted by Gasteiger charge is 2.39. The molecule has 0 aromatic heterocycles. The van der Waals surface area contributed by atoms with Gasteiger partial charge in [-0.2, -0.15) is 13.2 Å². The van der Waals surface area contributed by atoms with Crippen molar-refractivity contribution in [2.45, 2.75) is 44.1 Å². The Bertz CT molecular complexity index is 1650. The molecule has 43 heavy (non-hydrogen) atoms. The maximum atomic E-state index is 15.5. The summed E-state index contributed by atoms with van der Waals surface area (Å²) in [5.41, 5.74) is 1.53. The summed E-state index contributed by atoms with van der Waals surface area (Å²) < 4.78 is 80.5. The summed E-state index contributed by atoms with van der Waals surface area (Å²) in [6.07, 6.45) is -4.31. The molecule has 0 bridgehead atoms. The van der Waals surface area contributed by atoms with Crippen LogP contribution in [0.1, 0.15) is 52.7 Å². The zero-order chi connectivity index (χ0) is 30.1. The summed E-state index contributed by atoms with van der Waals surface area (Å²) >= 11 is 0. The minimum atomic E-state index is -4.68. The van der Waals surface area contributed by atoms with Gasteiger partial charge in [0.15, 0.2) is 0 Å². The summed E-state index contributed by atoms with van der Waals surface area (Å²) in [4.78, 5) is 11.7. The monoisotopic (exact) mass is 592 g/mol. The van der Waals surface area contributed by atoms with Crippen molar-refractivity contribution in [2.24, 2.45) is 0 Å². The van der Waals surface area contributed by atoms with Crippen molar-refractivity contribution in [1.29, 1.82) is 0 Å². The van der Waals surface area contributed by atoms with E-state index >= 15 is 4.39 Å². The fourth-order valence-corrected chi connectivity index (χ4v) is 5.81. The topological polar surface area (TPSA) is 54.0 Å². The summed E-state index contributed by atoms with van der Waals surface area (Å²) in [6, 6.07) is 21.0. The zero-order valence-electron chi connectivity index (χ0n) is 23.2. The molecule has 0 radical (unpaired) electrons. The molecule has 0 N–H and O–H groups in total. The second-order valence-corrected chi connectivity index (χ2v) is 10.6. The van der Waals surface area contributed by atoms with Crippen molar-refractivity contribution in [3.63, 3.8) is 0 Å². The maximum absolute atomic E-state index is 15.5. The summed E-state index contributed by atoms with van der Waals surface area (Å²) in [6.45, 7) is 0.540. The van der Waals surface area contributed by atoms with E-state index in [9.17, 15) is 18.0 Å². The average molecular weight is 593 g/mol. The van der Waals surface area contributed by atoms with Crippen LogP contribution in [0.15, 0.2) is 78.9 Å². The van der Waals surface area contributed by atoms with E-state index in [-0.39, 0.29) is 48.2 Å². The van der Waals surface area contributed by atoms with Gasteiger partial charge in [0.1, 0.15) is 35.8 Å². The Kier molecular flexibility index (Phi) is 7.73. The van der Waals surface area contributed by atoms with Gasteiger partial charge in [-0.1, -0.05) is 42.5 Å². The molecule has 4 aromatic rings. The van der Waals surface area contributed by atoms with Gasteiger partial charge in [-0.05, 0) is 53.8 Å². The lowest BCUT2D eigenvalue weighted by Gasteiger charge is -2.20. The van der Waals surface area contributed by atoms with Crippen molar-refractivity contribution in [3.05, 3.63) is 112 Å². The smallest absolute Gasteiger partial charge is 0.417 e. The van der Waals surface area contributed by atoms with E-state index < -0.39 is 23.7 Å². The van der Waals surface area contributed by atoms with Crippen LogP contribution in [0.3, 0.4) is 0 Å². The van der Waals surface area contributed by atoms with Crippen LogP contribution in [0.5, 0.6) is 17.2 Å². The third-order valence-corrected chi connectivity index (χ3v) is 7.90. The van der Waals surface area contributed by atoms with Gasteiger partial charge in [-0.15, -0.1) is 0 Å². The number of alkyl halides is 3. The zero-order valence-corrected chi connectivity index (χ0v) is 23.2. The normalized spacial score (nSPS) is 17.1. The first-order chi connectivity index (χ1) is 20.7. The van der Waals surface area contributed by atoms with Crippen LogP contribution >= 0.6 is 0 Å². The molecule has 0 amide bonds. The lowest BCUT2D eigenvalue weighted by molar-refractivity contribution is -0.141. The molecule has 0 fully saturated rings. The molecule has 0 saturated heterocycles. The Labute approximate surface area is 246 Å². The van der Waals surface area contributed by atoms with Crippen LogP contribution < -0.4 is 14.2 Å². The van der Waals surface area contributed by atoms with Gasteiger partial charge in [0.25, 0.3) is 0 Å². The minimum absolute atomic E-state index is 0.128. The predicted molar refractivity (Wildman–Crippen MR) is 151 cm³/mol. The first-order valence-corrected chi connectivity index (χ1v) is 13.9. The highest BCUT2D eigenvalue weighted by Crippen LogP contribution is 2.47. The number of ether oxygens (including phenoxy) is 4. The van der Waals surface area contributed by atoms with Gasteiger partial charge in [0.05, 0.1) is 25.7 Å². The van der Waals surface area contributed by atoms with E-state index in [0.29, 0.717) is 35.7 Å². The number of fused-ring (bicyclic) bond motifs is 2. The molecule has 0 saturated carbocycles. The Hall–Kier alpha value is -4.53. The summed E-state index contributed by atoms with van der Waals surface area (Å²) in [5, 5.41) is 0. The fourth-order valence-electron chi connectivity index (χ4n) is 5.81. The molecular weight excluding hydrogens is 564 g/mol. The van der Waals surface area contributed by atoms with E-state index in [1.54, 1.807) is 12.1 Å². The first-order valence-electron chi connectivity index (χ1n) is 13.9. The van der Waals surface area contributed by atoms with Crippen LogP contribution in [0, 0.1) is 5.82 Å². The average Bonchev–Trinajstić information content (AvgIpc) is 3.59. The van der Waals surface area contributed by atoms with Crippen molar-refractivity contribution in [1.82, 2.24) is 0 Å². The third-order valence-electron chi connectivity index (χ3n) is 7.90. The maximum Gasteiger partial charge on any atom is 0.417 e. The number of halogens is 4. The standard InChI is InChI=1S/C34H28F4O5/c1-40-32(39)15-21-19-42-31-17-23(8-9-24(21)31)43-30-14-12-26-25(30)11-13-28(34(36,37)38)33(26)27-10-7-22(16-29(27)35)41-18-20-5-3-2-4-6-20/h2-11,13,16-17,21,30H,12,14-15,18-19H2,1H3/t21-,30-/m1/s1. The Morgan fingerprint density at radius 2 is 1.72 bits per heavy atom. The second-order valence-electron chi connectivity index (χ2n) is 10.6. The lowest BCUT2D eigenvalue weighted by atomic mass is 9.91. The van der Waals surface area contributed by atoms with Gasteiger partial charge in [0.2, 0.25) is 0 Å². The lowest BCUT2D eigenvalue weighted by Crippen LogP contribution is -2.11. The van der Waals surface area contributed by atoms with Crippen molar-refractivity contribution in [3.8, 4) is 28.4 Å². The molecule has 222 valence electrons. The number of methoxy groups -OCH3 is 1. The van der Waals surface area contributed by atoms with Crippen LogP contribution in [-0.2, 0) is 28.7 Å².